The van der Waals surface area contributed by atoms with E-state index in [9.17, 15) is 9.18 Å². The zero-order chi connectivity index (χ0) is 13.3. The number of aryl methyl sites for hydroxylation is 1. The molecule has 0 spiro atoms. The molecule has 0 aromatic heterocycles. The number of benzene rings is 1. The molecule has 0 N–H and O–H groups in total. The van der Waals surface area contributed by atoms with Gasteiger partial charge in [-0.25, -0.2) is 4.39 Å². The van der Waals surface area contributed by atoms with E-state index in [-0.39, 0.29) is 11.6 Å². The summed E-state index contributed by atoms with van der Waals surface area (Å²) in [6, 6.07) is 4.46. The van der Waals surface area contributed by atoms with Crippen molar-refractivity contribution in [3.8, 4) is 0 Å². The summed E-state index contributed by atoms with van der Waals surface area (Å²) in [4.78, 5) is 14.8. The lowest BCUT2D eigenvalue weighted by molar-refractivity contribution is 0.0692. The van der Waals surface area contributed by atoms with E-state index in [4.69, 9.17) is 0 Å². The van der Waals surface area contributed by atoms with Gasteiger partial charge in [0, 0.05) is 5.56 Å². The minimum Gasteiger partial charge on any atom is -0.297 e. The molecule has 98 valence electrons. The molecule has 18 heavy (non-hydrogen) atoms. The number of hydrogen-bond acceptors (Lipinski definition) is 2. The van der Waals surface area contributed by atoms with Gasteiger partial charge in [0.05, 0.1) is 5.54 Å². The van der Waals surface area contributed by atoms with Crippen molar-refractivity contribution in [1.82, 2.24) is 4.90 Å². The van der Waals surface area contributed by atoms with Crippen LogP contribution in [0.1, 0.15) is 41.6 Å². The molecule has 1 aromatic rings. The van der Waals surface area contributed by atoms with Crippen LogP contribution >= 0.6 is 0 Å². The van der Waals surface area contributed by atoms with E-state index in [0.717, 1.165) is 31.2 Å². The molecule has 1 aromatic carbocycles. The molecule has 1 aliphatic carbocycles. The summed E-state index contributed by atoms with van der Waals surface area (Å²) in [7, 11) is 3.88. The summed E-state index contributed by atoms with van der Waals surface area (Å²) in [5, 5.41) is 0. The molecule has 0 aliphatic heterocycles. The van der Waals surface area contributed by atoms with Crippen LogP contribution in [-0.4, -0.2) is 30.3 Å². The van der Waals surface area contributed by atoms with Crippen molar-refractivity contribution < 1.29 is 9.18 Å². The Morgan fingerprint density at radius 2 is 1.89 bits per heavy atom. The maximum absolute atomic E-state index is 13.4. The van der Waals surface area contributed by atoms with Crippen molar-refractivity contribution in [1.29, 1.82) is 0 Å². The Morgan fingerprint density at radius 3 is 2.44 bits per heavy atom. The number of Topliss-reactive ketones (excluding diaryl/α,β-unsaturated/α-hetero) is 1. The zero-order valence-electron chi connectivity index (χ0n) is 11.3. The predicted octanol–water partition coefficient (Wildman–Crippen LogP) is 3.19. The third-order valence-electron chi connectivity index (χ3n) is 4.15. The van der Waals surface area contributed by atoms with Gasteiger partial charge in [0.1, 0.15) is 5.82 Å². The summed E-state index contributed by atoms with van der Waals surface area (Å²) in [5.41, 5.74) is 0.957. The largest absolute Gasteiger partial charge is 0.297 e. The summed E-state index contributed by atoms with van der Waals surface area (Å²) >= 11 is 0. The van der Waals surface area contributed by atoms with Gasteiger partial charge in [-0.3, -0.25) is 9.69 Å². The number of nitrogens with zero attached hydrogens (tertiary/aromatic N) is 1. The number of likely N-dealkylation sites (N-methyl/N-ethyl adjacent to an activating group) is 1. The summed E-state index contributed by atoms with van der Waals surface area (Å²) in [5.74, 6) is -0.266. The van der Waals surface area contributed by atoms with Crippen LogP contribution in [0.3, 0.4) is 0 Å². The molecule has 0 amide bonds. The minimum atomic E-state index is -0.432. The average molecular weight is 249 g/mol. The smallest absolute Gasteiger partial charge is 0.183 e. The highest BCUT2D eigenvalue weighted by Crippen LogP contribution is 2.37. The SMILES string of the molecule is Cc1ccc(F)cc1C(=O)C1(N(C)C)CCCC1. The Bertz CT molecular complexity index is 462. The van der Waals surface area contributed by atoms with Gasteiger partial charge in [0.15, 0.2) is 5.78 Å². The molecule has 2 rings (SSSR count). The molecule has 0 unspecified atom stereocenters. The lowest BCUT2D eigenvalue weighted by atomic mass is 9.85. The van der Waals surface area contributed by atoms with E-state index in [1.165, 1.54) is 12.1 Å². The van der Waals surface area contributed by atoms with Crippen LogP contribution in [0.25, 0.3) is 0 Å². The number of hydrogen-bond donors (Lipinski definition) is 0. The summed E-state index contributed by atoms with van der Waals surface area (Å²) < 4.78 is 13.4. The lowest BCUT2D eigenvalue weighted by Gasteiger charge is -2.35. The van der Waals surface area contributed by atoms with Crippen LogP contribution < -0.4 is 0 Å². The Kier molecular flexibility index (Phi) is 3.53. The first-order valence-electron chi connectivity index (χ1n) is 6.46. The van der Waals surface area contributed by atoms with E-state index in [0.29, 0.717) is 5.56 Å². The van der Waals surface area contributed by atoms with Gasteiger partial charge in [-0.1, -0.05) is 18.9 Å². The topological polar surface area (TPSA) is 20.3 Å². The van der Waals surface area contributed by atoms with Gasteiger partial charge in [0.25, 0.3) is 0 Å². The molecule has 1 saturated carbocycles. The van der Waals surface area contributed by atoms with Gasteiger partial charge >= 0.3 is 0 Å². The Morgan fingerprint density at radius 1 is 1.28 bits per heavy atom. The number of carbonyl (C=O) groups is 1. The third kappa shape index (κ3) is 2.07. The lowest BCUT2D eigenvalue weighted by Crippen LogP contribution is -2.49. The number of carbonyl (C=O) groups excluding carboxylic acids is 1. The quantitative estimate of drug-likeness (QED) is 0.767. The number of rotatable bonds is 3. The second-order valence-electron chi connectivity index (χ2n) is 5.42. The van der Waals surface area contributed by atoms with Crippen molar-refractivity contribution in [3.63, 3.8) is 0 Å². The Hall–Kier alpha value is -1.22. The van der Waals surface area contributed by atoms with E-state index < -0.39 is 5.54 Å². The number of halogens is 1. The monoisotopic (exact) mass is 249 g/mol. The summed E-state index contributed by atoms with van der Waals surface area (Å²) in [6.45, 7) is 1.87. The fraction of sp³-hybridized carbons (Fsp3) is 0.533. The molecule has 0 atom stereocenters. The third-order valence-corrected chi connectivity index (χ3v) is 4.15. The average Bonchev–Trinajstić information content (AvgIpc) is 2.82. The molecule has 0 heterocycles. The van der Waals surface area contributed by atoms with Gasteiger partial charge < -0.3 is 0 Å². The van der Waals surface area contributed by atoms with Crippen molar-refractivity contribution in [2.45, 2.75) is 38.1 Å². The molecule has 2 nitrogen and oxygen atoms in total. The van der Waals surface area contributed by atoms with Gasteiger partial charge in [0.2, 0.25) is 0 Å². The second-order valence-corrected chi connectivity index (χ2v) is 5.42. The van der Waals surface area contributed by atoms with Crippen LogP contribution in [-0.2, 0) is 0 Å². The van der Waals surface area contributed by atoms with E-state index in [1.54, 1.807) is 6.07 Å². The van der Waals surface area contributed by atoms with Crippen LogP contribution in [0.15, 0.2) is 18.2 Å². The first-order valence-corrected chi connectivity index (χ1v) is 6.46. The van der Waals surface area contributed by atoms with Gasteiger partial charge in [-0.2, -0.15) is 0 Å². The molecular formula is C15H20FNO. The molecule has 0 bridgehead atoms. The highest BCUT2D eigenvalue weighted by atomic mass is 19.1. The van der Waals surface area contributed by atoms with Crippen molar-refractivity contribution in [2.24, 2.45) is 0 Å². The first kappa shape index (κ1) is 13.2. The molecule has 0 saturated heterocycles. The second kappa shape index (κ2) is 4.81. The highest BCUT2D eigenvalue weighted by molar-refractivity contribution is 6.04. The maximum atomic E-state index is 13.4. The van der Waals surface area contributed by atoms with E-state index in [2.05, 4.69) is 0 Å². The highest BCUT2D eigenvalue weighted by Gasteiger charge is 2.43. The molecule has 3 heteroatoms. The fourth-order valence-electron chi connectivity index (χ4n) is 2.93. The summed E-state index contributed by atoms with van der Waals surface area (Å²) in [6.07, 6.45) is 3.88. The Labute approximate surface area is 108 Å². The van der Waals surface area contributed by atoms with Crippen molar-refractivity contribution >= 4 is 5.78 Å². The maximum Gasteiger partial charge on any atom is 0.183 e. The van der Waals surface area contributed by atoms with Gasteiger partial charge in [-0.15, -0.1) is 0 Å². The normalized spacial score (nSPS) is 18.3. The van der Waals surface area contributed by atoms with Crippen LogP contribution in [0.2, 0.25) is 0 Å². The molecule has 1 aliphatic rings. The Balaban J connectivity index is 2.43. The molecule has 1 fully saturated rings. The van der Waals surface area contributed by atoms with Gasteiger partial charge in [-0.05, 0) is 51.6 Å². The molecule has 0 radical (unpaired) electrons. The van der Waals surface area contributed by atoms with Crippen LogP contribution in [0.5, 0.6) is 0 Å². The van der Waals surface area contributed by atoms with Crippen molar-refractivity contribution in [2.75, 3.05) is 14.1 Å². The van der Waals surface area contributed by atoms with E-state index >= 15 is 0 Å². The van der Waals surface area contributed by atoms with Crippen LogP contribution in [0.4, 0.5) is 4.39 Å². The number of ketones is 1. The first-order chi connectivity index (χ1) is 8.47. The standard InChI is InChI=1S/C15H20FNO/c1-11-6-7-12(16)10-13(11)14(18)15(17(2)3)8-4-5-9-15/h6-7,10H,4-5,8-9H2,1-3H3. The predicted molar refractivity (Wildman–Crippen MR) is 70.4 cm³/mol. The van der Waals surface area contributed by atoms with E-state index in [1.807, 2.05) is 25.9 Å². The minimum absolute atomic E-state index is 0.0713. The van der Waals surface area contributed by atoms with Crippen molar-refractivity contribution in [3.05, 3.63) is 35.1 Å². The van der Waals surface area contributed by atoms with Crippen LogP contribution in [0, 0.1) is 12.7 Å². The molecular weight excluding hydrogens is 229 g/mol. The fourth-order valence-corrected chi connectivity index (χ4v) is 2.93. The zero-order valence-corrected chi connectivity index (χ0v) is 11.3.